The number of nitrogen functional groups attached to an aromatic ring is 1. The quantitative estimate of drug-likeness (QED) is 0.286. The van der Waals surface area contributed by atoms with E-state index in [2.05, 4.69) is 4.98 Å². The Bertz CT molecular complexity index is 1470. The van der Waals surface area contributed by atoms with Gasteiger partial charge in [-0.2, -0.15) is 0 Å². The van der Waals surface area contributed by atoms with E-state index in [-0.39, 0.29) is 12.1 Å². The molecule has 31 heavy (non-hydrogen) atoms. The average molecular weight is 432 g/mol. The maximum atomic E-state index is 14.3. The highest BCUT2D eigenvalue weighted by atomic mass is 32.1. The third kappa shape index (κ3) is 3.53. The number of hydrogen-bond acceptors (Lipinski definition) is 6. The highest BCUT2D eigenvalue weighted by Gasteiger charge is 2.16. The van der Waals surface area contributed by atoms with E-state index in [0.717, 1.165) is 21.2 Å². The number of ether oxygens (including phenoxy) is 1. The topological polar surface area (TPSA) is 78.4 Å². The molecule has 154 valence electrons. The maximum absolute atomic E-state index is 14.3. The highest BCUT2D eigenvalue weighted by molar-refractivity contribution is 7.20. The van der Waals surface area contributed by atoms with Gasteiger partial charge < -0.3 is 14.9 Å². The summed E-state index contributed by atoms with van der Waals surface area (Å²) in [6, 6.07) is 17.8. The Morgan fingerprint density at radius 3 is 2.81 bits per heavy atom. The zero-order chi connectivity index (χ0) is 21.5. The number of rotatable bonds is 4. The van der Waals surface area contributed by atoms with Crippen molar-refractivity contribution in [1.29, 1.82) is 0 Å². The minimum absolute atomic E-state index is 0.0527. The van der Waals surface area contributed by atoms with Crippen molar-refractivity contribution in [2.45, 2.75) is 13.3 Å². The molecule has 0 atom stereocenters. The lowest BCUT2D eigenvalue weighted by molar-refractivity contribution is 0.477. The second kappa shape index (κ2) is 7.52. The summed E-state index contributed by atoms with van der Waals surface area (Å²) in [6.45, 7) is 1.83. The Morgan fingerprint density at radius 2 is 1.97 bits per heavy atom. The molecular formula is C24H17FN2O3S. The van der Waals surface area contributed by atoms with Gasteiger partial charge in [0, 0.05) is 23.4 Å². The molecule has 0 saturated heterocycles. The summed E-state index contributed by atoms with van der Waals surface area (Å²) < 4.78 is 26.8. The zero-order valence-corrected chi connectivity index (χ0v) is 17.3. The van der Waals surface area contributed by atoms with Crippen molar-refractivity contribution >= 4 is 38.2 Å². The lowest BCUT2D eigenvalue weighted by atomic mass is 9.99. The number of fused-ring (bicyclic) bond motifs is 2. The minimum atomic E-state index is -0.513. The average Bonchev–Trinajstić information content (AvgIpc) is 3.16. The van der Waals surface area contributed by atoms with Crippen LogP contribution in [0.25, 0.3) is 21.2 Å². The normalized spacial score (nSPS) is 11.3. The number of para-hydroxylation sites is 1. The Morgan fingerprint density at radius 1 is 1.13 bits per heavy atom. The number of aryl methyl sites for hydroxylation is 1. The van der Waals surface area contributed by atoms with E-state index in [9.17, 15) is 9.18 Å². The van der Waals surface area contributed by atoms with Gasteiger partial charge in [0.05, 0.1) is 15.9 Å². The SMILES string of the molecule is Cc1c(Cc2cccc(N)c2F)c(=O)oc2cc(Oc3nc4ccccc4s3)ccc12. The van der Waals surface area contributed by atoms with Crippen molar-refractivity contribution in [3.05, 3.63) is 93.6 Å². The molecule has 2 N–H and O–H groups in total. The molecule has 0 aliphatic heterocycles. The van der Waals surface area contributed by atoms with Gasteiger partial charge in [0.1, 0.15) is 17.1 Å². The zero-order valence-electron chi connectivity index (χ0n) is 16.5. The fourth-order valence-corrected chi connectivity index (χ4v) is 4.40. The molecule has 0 unspecified atom stereocenters. The Hall–Kier alpha value is -3.71. The van der Waals surface area contributed by atoms with Gasteiger partial charge in [-0.25, -0.2) is 14.2 Å². The Balaban J connectivity index is 1.50. The number of aromatic nitrogens is 1. The van der Waals surface area contributed by atoms with Gasteiger partial charge in [-0.15, -0.1) is 0 Å². The van der Waals surface area contributed by atoms with Gasteiger partial charge in [0.15, 0.2) is 0 Å². The van der Waals surface area contributed by atoms with Crippen LogP contribution in [0.4, 0.5) is 10.1 Å². The highest BCUT2D eigenvalue weighted by Crippen LogP contribution is 2.33. The van der Waals surface area contributed by atoms with Crippen molar-refractivity contribution < 1.29 is 13.5 Å². The van der Waals surface area contributed by atoms with E-state index in [0.29, 0.717) is 27.7 Å². The van der Waals surface area contributed by atoms with Crippen LogP contribution in [-0.2, 0) is 6.42 Å². The van der Waals surface area contributed by atoms with E-state index in [1.807, 2.05) is 37.3 Å². The van der Waals surface area contributed by atoms with E-state index in [1.165, 1.54) is 17.4 Å². The summed E-state index contributed by atoms with van der Waals surface area (Å²) in [4.78, 5) is 17.1. The number of halogens is 1. The van der Waals surface area contributed by atoms with Gasteiger partial charge in [-0.3, -0.25) is 0 Å². The molecule has 0 bridgehead atoms. The van der Waals surface area contributed by atoms with Crippen molar-refractivity contribution in [3.63, 3.8) is 0 Å². The molecule has 5 rings (SSSR count). The molecule has 0 aliphatic rings. The fraction of sp³-hybridized carbons (Fsp3) is 0.0833. The van der Waals surface area contributed by atoms with Crippen LogP contribution >= 0.6 is 11.3 Å². The number of anilines is 1. The first kappa shape index (κ1) is 19.3. The summed E-state index contributed by atoms with van der Waals surface area (Å²) in [7, 11) is 0. The predicted octanol–water partition coefficient (Wildman–Crippen LogP) is 5.82. The Kier molecular flexibility index (Phi) is 4.67. The van der Waals surface area contributed by atoms with Gasteiger partial charge in [0.2, 0.25) is 0 Å². The summed E-state index contributed by atoms with van der Waals surface area (Å²) in [5, 5.41) is 1.27. The molecule has 7 heteroatoms. The van der Waals surface area contributed by atoms with Gasteiger partial charge >= 0.3 is 5.63 Å². The maximum Gasteiger partial charge on any atom is 0.340 e. The number of nitrogens with two attached hydrogens (primary N) is 1. The second-order valence-electron chi connectivity index (χ2n) is 7.20. The van der Waals surface area contributed by atoms with E-state index in [4.69, 9.17) is 14.9 Å². The largest absolute Gasteiger partial charge is 0.431 e. The second-order valence-corrected chi connectivity index (χ2v) is 8.19. The van der Waals surface area contributed by atoms with E-state index in [1.54, 1.807) is 24.3 Å². The first-order valence-electron chi connectivity index (χ1n) is 9.62. The molecule has 2 heterocycles. The molecule has 0 fully saturated rings. The van der Waals surface area contributed by atoms with Crippen LogP contribution in [0.3, 0.4) is 0 Å². The molecular weight excluding hydrogens is 415 g/mol. The van der Waals surface area contributed by atoms with Crippen LogP contribution in [0.1, 0.15) is 16.7 Å². The van der Waals surface area contributed by atoms with E-state index < -0.39 is 11.4 Å². The van der Waals surface area contributed by atoms with Crippen LogP contribution in [0.2, 0.25) is 0 Å². The van der Waals surface area contributed by atoms with Crippen molar-refractivity contribution in [3.8, 4) is 10.9 Å². The number of thiazole rings is 1. The van der Waals surface area contributed by atoms with Gasteiger partial charge in [-0.1, -0.05) is 35.6 Å². The van der Waals surface area contributed by atoms with Gasteiger partial charge in [-0.05, 0) is 48.4 Å². The Labute approximate surface area is 180 Å². The lowest BCUT2D eigenvalue weighted by Gasteiger charge is -2.10. The molecule has 0 saturated carbocycles. The van der Waals surface area contributed by atoms with Crippen LogP contribution in [0, 0.1) is 12.7 Å². The van der Waals surface area contributed by atoms with Crippen LogP contribution < -0.4 is 16.1 Å². The number of hydrogen-bond donors (Lipinski definition) is 1. The summed E-state index contributed by atoms with van der Waals surface area (Å²) in [5.41, 5.74) is 7.95. The molecule has 0 amide bonds. The summed E-state index contributed by atoms with van der Waals surface area (Å²) in [5.74, 6) is 0.00436. The van der Waals surface area contributed by atoms with Crippen LogP contribution in [0.5, 0.6) is 10.9 Å². The molecule has 2 aromatic heterocycles. The molecule has 0 aliphatic carbocycles. The van der Waals surface area contributed by atoms with Crippen molar-refractivity contribution in [2.24, 2.45) is 0 Å². The first-order chi connectivity index (χ1) is 15.0. The predicted molar refractivity (Wildman–Crippen MR) is 121 cm³/mol. The van der Waals surface area contributed by atoms with Gasteiger partial charge in [0.25, 0.3) is 5.19 Å². The molecule has 0 radical (unpaired) electrons. The molecule has 3 aromatic carbocycles. The standard InChI is InChI=1S/C24H17FN2O3S/c1-13-16-10-9-15(29-24-27-19-7-2-3-8-21(19)31-24)12-20(16)30-23(28)17(13)11-14-5-4-6-18(26)22(14)25/h2-10,12H,11,26H2,1H3. The monoisotopic (exact) mass is 432 g/mol. The fourth-order valence-electron chi connectivity index (χ4n) is 3.56. The van der Waals surface area contributed by atoms with E-state index >= 15 is 0 Å². The van der Waals surface area contributed by atoms with Crippen LogP contribution in [0.15, 0.2) is 69.9 Å². The number of nitrogens with zero attached hydrogens (tertiary/aromatic N) is 1. The first-order valence-corrected chi connectivity index (χ1v) is 10.4. The summed E-state index contributed by atoms with van der Waals surface area (Å²) >= 11 is 1.44. The smallest absolute Gasteiger partial charge is 0.340 e. The molecule has 0 spiro atoms. The summed E-state index contributed by atoms with van der Waals surface area (Å²) in [6.07, 6.45) is 0.102. The van der Waals surface area contributed by atoms with Crippen LogP contribution in [-0.4, -0.2) is 4.98 Å². The number of benzene rings is 3. The third-order valence-electron chi connectivity index (χ3n) is 5.21. The van der Waals surface area contributed by atoms with Crippen molar-refractivity contribution in [2.75, 3.05) is 5.73 Å². The molecule has 5 nitrogen and oxygen atoms in total. The third-order valence-corrected chi connectivity index (χ3v) is 6.13. The minimum Gasteiger partial charge on any atom is -0.431 e. The lowest BCUT2D eigenvalue weighted by Crippen LogP contribution is -2.12. The molecule has 5 aromatic rings. The van der Waals surface area contributed by atoms with Crippen molar-refractivity contribution in [1.82, 2.24) is 4.98 Å².